The Hall–Kier alpha value is -2.91. The molecule has 0 atom stereocenters. The standard InChI is InChI=1S/C27H34ClN5O/c1-19(2)11-14-32(15-12-20(3)4)26(34)23-17-30-27-31-25(22-9-7-21(16-29)8-10-22)24(6-5-13-28)33(27)18-23/h7-10,17-20H,5-6,11-15H2,1-4H3. The van der Waals surface area contributed by atoms with Gasteiger partial charge in [-0.1, -0.05) is 39.8 Å². The molecule has 1 amide bonds. The van der Waals surface area contributed by atoms with Crippen molar-refractivity contribution in [3.05, 3.63) is 53.5 Å². The summed E-state index contributed by atoms with van der Waals surface area (Å²) < 4.78 is 1.93. The minimum Gasteiger partial charge on any atom is -0.339 e. The molecule has 6 nitrogen and oxygen atoms in total. The average Bonchev–Trinajstić information content (AvgIpc) is 3.19. The fourth-order valence-electron chi connectivity index (χ4n) is 3.82. The molecule has 2 aromatic heterocycles. The normalized spacial score (nSPS) is 11.4. The molecule has 0 unspecified atom stereocenters. The van der Waals surface area contributed by atoms with E-state index in [-0.39, 0.29) is 5.91 Å². The van der Waals surface area contributed by atoms with Gasteiger partial charge in [0.25, 0.3) is 5.91 Å². The van der Waals surface area contributed by atoms with Crippen molar-refractivity contribution in [2.45, 2.75) is 53.4 Å². The molecule has 0 N–H and O–H groups in total. The molecule has 1 aromatic carbocycles. The minimum absolute atomic E-state index is 0.00705. The van der Waals surface area contributed by atoms with Crippen LogP contribution < -0.4 is 0 Å². The molecule has 3 aromatic rings. The summed E-state index contributed by atoms with van der Waals surface area (Å²) in [6.45, 7) is 10.2. The first-order valence-corrected chi connectivity index (χ1v) is 12.6. The van der Waals surface area contributed by atoms with Gasteiger partial charge in [0.2, 0.25) is 5.78 Å². The molecule has 0 saturated carbocycles. The van der Waals surface area contributed by atoms with Crippen LogP contribution in [0.5, 0.6) is 0 Å². The average molecular weight is 480 g/mol. The molecular formula is C27H34ClN5O. The van der Waals surface area contributed by atoms with E-state index in [2.05, 4.69) is 38.7 Å². The number of fused-ring (bicyclic) bond motifs is 1. The Kier molecular flexibility index (Phi) is 9.06. The SMILES string of the molecule is CC(C)CCN(CCC(C)C)C(=O)c1cnc2nc(-c3ccc(C#N)cc3)c(CCCCl)n2c1. The van der Waals surface area contributed by atoms with Gasteiger partial charge in [-0.25, -0.2) is 9.97 Å². The topological polar surface area (TPSA) is 74.3 Å². The van der Waals surface area contributed by atoms with Crippen LogP contribution in [-0.4, -0.2) is 44.1 Å². The van der Waals surface area contributed by atoms with Gasteiger partial charge in [-0.05, 0) is 49.7 Å². The number of aromatic nitrogens is 3. The van der Waals surface area contributed by atoms with Crippen molar-refractivity contribution in [2.24, 2.45) is 11.8 Å². The van der Waals surface area contributed by atoms with Gasteiger partial charge in [-0.3, -0.25) is 9.20 Å². The third-order valence-electron chi connectivity index (χ3n) is 5.90. The number of carbonyl (C=O) groups excluding carboxylic acids is 1. The number of rotatable bonds is 11. The molecule has 3 rings (SSSR count). The number of benzene rings is 1. The Morgan fingerprint density at radius 2 is 1.76 bits per heavy atom. The maximum absolute atomic E-state index is 13.5. The van der Waals surface area contributed by atoms with Crippen LogP contribution in [0.4, 0.5) is 0 Å². The summed E-state index contributed by atoms with van der Waals surface area (Å²) in [6, 6.07) is 9.52. The Morgan fingerprint density at radius 1 is 1.12 bits per heavy atom. The zero-order chi connectivity index (χ0) is 24.7. The van der Waals surface area contributed by atoms with E-state index in [9.17, 15) is 4.79 Å². The number of aryl methyl sites for hydroxylation is 1. The molecule has 0 bridgehead atoms. The van der Waals surface area contributed by atoms with Gasteiger partial charge in [0.15, 0.2) is 0 Å². The van der Waals surface area contributed by atoms with Crippen LogP contribution in [0.15, 0.2) is 36.7 Å². The van der Waals surface area contributed by atoms with Crippen LogP contribution in [-0.2, 0) is 6.42 Å². The van der Waals surface area contributed by atoms with E-state index in [0.29, 0.717) is 41.0 Å². The van der Waals surface area contributed by atoms with Crippen LogP contribution >= 0.6 is 11.6 Å². The Morgan fingerprint density at radius 3 is 2.32 bits per heavy atom. The highest BCUT2D eigenvalue weighted by molar-refractivity contribution is 6.17. The third-order valence-corrected chi connectivity index (χ3v) is 6.17. The van der Waals surface area contributed by atoms with Crippen molar-refractivity contribution in [3.8, 4) is 17.3 Å². The second-order valence-electron chi connectivity index (χ2n) is 9.56. The van der Waals surface area contributed by atoms with E-state index < -0.39 is 0 Å². The molecule has 0 aliphatic heterocycles. The molecule has 180 valence electrons. The quantitative estimate of drug-likeness (QED) is 0.317. The maximum atomic E-state index is 13.5. The minimum atomic E-state index is 0.00705. The number of hydrogen-bond donors (Lipinski definition) is 0. The highest BCUT2D eigenvalue weighted by Gasteiger charge is 2.20. The molecule has 2 heterocycles. The summed E-state index contributed by atoms with van der Waals surface area (Å²) in [5.41, 5.74) is 3.86. The Bertz CT molecular complexity index is 1130. The lowest BCUT2D eigenvalue weighted by molar-refractivity contribution is 0.0740. The summed E-state index contributed by atoms with van der Waals surface area (Å²) in [6.07, 6.45) is 6.93. The maximum Gasteiger partial charge on any atom is 0.256 e. The van der Waals surface area contributed by atoms with Gasteiger partial charge in [-0.2, -0.15) is 5.26 Å². The van der Waals surface area contributed by atoms with Gasteiger partial charge in [0.1, 0.15) is 0 Å². The summed E-state index contributed by atoms with van der Waals surface area (Å²) in [4.78, 5) is 24.7. The lowest BCUT2D eigenvalue weighted by atomic mass is 10.1. The van der Waals surface area contributed by atoms with Crippen molar-refractivity contribution >= 4 is 23.3 Å². The summed E-state index contributed by atoms with van der Waals surface area (Å²) in [7, 11) is 0. The van der Waals surface area contributed by atoms with E-state index in [1.807, 2.05) is 27.6 Å². The van der Waals surface area contributed by atoms with Gasteiger partial charge < -0.3 is 4.90 Å². The summed E-state index contributed by atoms with van der Waals surface area (Å²) >= 11 is 6.01. The van der Waals surface area contributed by atoms with Gasteiger partial charge in [0.05, 0.1) is 28.6 Å². The molecule has 7 heteroatoms. The van der Waals surface area contributed by atoms with Crippen molar-refractivity contribution < 1.29 is 4.79 Å². The van der Waals surface area contributed by atoms with Crippen LogP contribution in [0.25, 0.3) is 17.0 Å². The molecule has 0 fully saturated rings. The van der Waals surface area contributed by atoms with E-state index in [0.717, 1.165) is 49.3 Å². The van der Waals surface area contributed by atoms with Crippen LogP contribution in [0, 0.1) is 23.2 Å². The zero-order valence-corrected chi connectivity index (χ0v) is 21.3. The largest absolute Gasteiger partial charge is 0.339 e. The molecule has 0 spiro atoms. The lowest BCUT2D eigenvalue weighted by Crippen LogP contribution is -2.34. The number of halogens is 1. The second-order valence-corrected chi connectivity index (χ2v) is 9.94. The molecular weight excluding hydrogens is 446 g/mol. The second kappa shape index (κ2) is 12.0. The summed E-state index contributed by atoms with van der Waals surface area (Å²) in [5.74, 6) is 2.15. The van der Waals surface area contributed by atoms with Crippen molar-refractivity contribution in [1.82, 2.24) is 19.3 Å². The lowest BCUT2D eigenvalue weighted by Gasteiger charge is -2.24. The number of hydrogen-bond acceptors (Lipinski definition) is 4. The number of alkyl halides is 1. The molecule has 0 aliphatic rings. The third kappa shape index (κ3) is 6.36. The Balaban J connectivity index is 2.00. The van der Waals surface area contributed by atoms with Crippen LogP contribution in [0.2, 0.25) is 0 Å². The monoisotopic (exact) mass is 479 g/mol. The first-order chi connectivity index (χ1) is 16.3. The zero-order valence-electron chi connectivity index (χ0n) is 20.6. The van der Waals surface area contributed by atoms with E-state index in [1.165, 1.54) is 0 Å². The fraction of sp³-hybridized carbons (Fsp3) is 0.481. The number of amides is 1. The van der Waals surface area contributed by atoms with Gasteiger partial charge in [0, 0.05) is 36.9 Å². The Labute approximate surface area is 207 Å². The number of imidazole rings is 1. The van der Waals surface area contributed by atoms with E-state index in [4.69, 9.17) is 21.8 Å². The highest BCUT2D eigenvalue weighted by atomic mass is 35.5. The van der Waals surface area contributed by atoms with Gasteiger partial charge in [-0.15, -0.1) is 11.6 Å². The van der Waals surface area contributed by atoms with Crippen molar-refractivity contribution in [1.29, 1.82) is 5.26 Å². The number of carbonyl (C=O) groups is 1. The molecule has 0 aliphatic carbocycles. The molecule has 34 heavy (non-hydrogen) atoms. The number of nitriles is 1. The highest BCUT2D eigenvalue weighted by Crippen LogP contribution is 2.26. The van der Waals surface area contributed by atoms with E-state index >= 15 is 0 Å². The fourth-order valence-corrected chi connectivity index (χ4v) is 3.96. The van der Waals surface area contributed by atoms with Crippen LogP contribution in [0.3, 0.4) is 0 Å². The number of nitrogens with zero attached hydrogens (tertiary/aromatic N) is 5. The van der Waals surface area contributed by atoms with Crippen molar-refractivity contribution in [3.63, 3.8) is 0 Å². The first-order valence-electron chi connectivity index (χ1n) is 12.1. The van der Waals surface area contributed by atoms with Crippen LogP contribution in [0.1, 0.15) is 68.6 Å². The smallest absolute Gasteiger partial charge is 0.256 e. The van der Waals surface area contributed by atoms with Crippen molar-refractivity contribution in [2.75, 3.05) is 19.0 Å². The predicted octanol–water partition coefficient (Wildman–Crippen LogP) is 5.97. The summed E-state index contributed by atoms with van der Waals surface area (Å²) in [5, 5.41) is 9.12. The molecule has 0 saturated heterocycles. The predicted molar refractivity (Wildman–Crippen MR) is 137 cm³/mol. The first kappa shape index (κ1) is 25.7. The van der Waals surface area contributed by atoms with Gasteiger partial charge >= 0.3 is 0 Å². The van der Waals surface area contributed by atoms with E-state index in [1.54, 1.807) is 18.3 Å². The molecule has 0 radical (unpaired) electrons.